The number of ketones is 1. The quantitative estimate of drug-likeness (QED) is 0.660. The molecule has 1 aromatic carbocycles. The second-order valence-corrected chi connectivity index (χ2v) is 6.44. The van der Waals surface area contributed by atoms with Crippen LogP contribution in [0.25, 0.3) is 0 Å². The Morgan fingerprint density at radius 3 is 2.75 bits per heavy atom. The fraction of sp³-hybridized carbons (Fsp3) is 0.375. The molecule has 24 heavy (non-hydrogen) atoms. The molecule has 1 aliphatic carbocycles. The summed E-state index contributed by atoms with van der Waals surface area (Å²) < 4.78 is 47.2. The summed E-state index contributed by atoms with van der Waals surface area (Å²) >= 11 is 3.27. The van der Waals surface area contributed by atoms with Gasteiger partial charge in [0.1, 0.15) is 6.61 Å². The predicted molar refractivity (Wildman–Crippen MR) is 81.8 cm³/mol. The number of carbonyl (C=O) groups excluding carboxylic acids is 1. The molecule has 0 bridgehead atoms. The number of rotatable bonds is 6. The maximum absolute atomic E-state index is 12.8. The van der Waals surface area contributed by atoms with Crippen molar-refractivity contribution in [2.24, 2.45) is 0 Å². The molecule has 1 aromatic heterocycles. The molecule has 0 amide bonds. The topological polar surface area (TPSA) is 52.3 Å². The molecule has 8 heteroatoms. The number of nitrogens with zero attached hydrogens (tertiary/aromatic N) is 1. The van der Waals surface area contributed by atoms with Gasteiger partial charge in [0.25, 0.3) is 0 Å². The van der Waals surface area contributed by atoms with Crippen LogP contribution in [-0.4, -0.2) is 23.7 Å². The van der Waals surface area contributed by atoms with Gasteiger partial charge in [0.05, 0.1) is 18.4 Å². The fourth-order valence-corrected chi connectivity index (χ4v) is 2.87. The van der Waals surface area contributed by atoms with Gasteiger partial charge in [-0.1, -0.05) is 33.2 Å². The molecule has 0 aliphatic heterocycles. The van der Waals surface area contributed by atoms with Crippen molar-refractivity contribution < 1.29 is 27.2 Å². The summed E-state index contributed by atoms with van der Waals surface area (Å²) in [5.74, 6) is 0.413. The van der Waals surface area contributed by atoms with Crippen LogP contribution in [0.4, 0.5) is 13.2 Å². The van der Waals surface area contributed by atoms with Crippen LogP contribution >= 0.6 is 15.9 Å². The van der Waals surface area contributed by atoms with Crippen LogP contribution in [0.15, 0.2) is 33.4 Å². The van der Waals surface area contributed by atoms with Gasteiger partial charge in [0.15, 0.2) is 11.5 Å². The third-order valence-corrected chi connectivity index (χ3v) is 4.41. The Morgan fingerprint density at radius 2 is 2.08 bits per heavy atom. The summed E-state index contributed by atoms with van der Waals surface area (Å²) in [6.07, 6.45) is -1.18. The molecule has 2 aromatic rings. The lowest BCUT2D eigenvalue weighted by atomic mass is 9.98. The van der Waals surface area contributed by atoms with Crippen LogP contribution in [-0.2, 0) is 11.3 Å². The Bertz CT molecular complexity index is 753. The highest BCUT2D eigenvalue weighted by molar-refractivity contribution is 9.10. The van der Waals surface area contributed by atoms with Gasteiger partial charge in [-0.05, 0) is 18.9 Å². The normalized spacial score (nSPS) is 14.8. The first-order valence-electron chi connectivity index (χ1n) is 7.28. The molecular formula is C16H13BrF3NO3. The van der Waals surface area contributed by atoms with Crippen LogP contribution in [0.3, 0.4) is 0 Å². The molecular weight excluding hydrogens is 391 g/mol. The third-order valence-electron chi connectivity index (χ3n) is 3.67. The van der Waals surface area contributed by atoms with Crippen molar-refractivity contribution >= 4 is 21.7 Å². The van der Waals surface area contributed by atoms with Gasteiger partial charge in [-0.25, -0.2) is 0 Å². The standard InChI is InChI=1S/C16H13BrF3NO3/c17-13-3-1-2-10(12(13)7-23-8-16(18,19)20)14(22)11-6-21-24-15(11)9-4-5-9/h1-3,6,9H,4-5,7-8H2. The summed E-state index contributed by atoms with van der Waals surface area (Å²) in [5.41, 5.74) is 0.999. The Hall–Kier alpha value is -1.67. The Morgan fingerprint density at radius 1 is 1.33 bits per heavy atom. The van der Waals surface area contributed by atoms with Crippen LogP contribution in [0.2, 0.25) is 0 Å². The zero-order chi connectivity index (χ0) is 17.3. The molecule has 0 spiro atoms. The minimum atomic E-state index is -4.42. The third kappa shape index (κ3) is 3.87. The van der Waals surface area contributed by atoms with E-state index in [1.807, 2.05) is 0 Å². The number of carbonyl (C=O) groups is 1. The molecule has 4 nitrogen and oxygen atoms in total. The van der Waals surface area contributed by atoms with E-state index >= 15 is 0 Å². The second-order valence-electron chi connectivity index (χ2n) is 5.58. The smallest absolute Gasteiger partial charge is 0.367 e. The molecule has 128 valence electrons. The van der Waals surface area contributed by atoms with E-state index < -0.39 is 12.8 Å². The molecule has 1 fully saturated rings. The first kappa shape index (κ1) is 17.2. The van der Waals surface area contributed by atoms with E-state index in [1.165, 1.54) is 6.20 Å². The van der Waals surface area contributed by atoms with Crippen LogP contribution in [0, 0.1) is 0 Å². The molecule has 3 rings (SSSR count). The van der Waals surface area contributed by atoms with E-state index in [4.69, 9.17) is 9.26 Å². The average Bonchev–Trinajstić information content (AvgIpc) is 3.24. The number of hydrogen-bond donors (Lipinski definition) is 0. The average molecular weight is 404 g/mol. The zero-order valence-corrected chi connectivity index (χ0v) is 14.0. The van der Waals surface area contributed by atoms with E-state index in [9.17, 15) is 18.0 Å². The van der Waals surface area contributed by atoms with Crippen molar-refractivity contribution in [3.8, 4) is 0 Å². The van der Waals surface area contributed by atoms with Crippen LogP contribution in [0.1, 0.15) is 46.0 Å². The molecule has 1 saturated carbocycles. The first-order chi connectivity index (χ1) is 11.4. The number of benzene rings is 1. The van der Waals surface area contributed by atoms with E-state index in [0.717, 1.165) is 12.8 Å². The van der Waals surface area contributed by atoms with Gasteiger partial charge in [0.2, 0.25) is 0 Å². The van der Waals surface area contributed by atoms with Crippen molar-refractivity contribution in [2.45, 2.75) is 31.5 Å². The van der Waals surface area contributed by atoms with Gasteiger partial charge < -0.3 is 9.26 Å². The van der Waals surface area contributed by atoms with Gasteiger partial charge in [-0.15, -0.1) is 0 Å². The monoisotopic (exact) mass is 403 g/mol. The highest BCUT2D eigenvalue weighted by atomic mass is 79.9. The van der Waals surface area contributed by atoms with Gasteiger partial charge in [-0.2, -0.15) is 13.2 Å². The molecule has 0 unspecified atom stereocenters. The number of hydrogen-bond acceptors (Lipinski definition) is 4. The fourth-order valence-electron chi connectivity index (χ4n) is 2.39. The summed E-state index contributed by atoms with van der Waals surface area (Å²) in [5, 5.41) is 3.69. The Balaban J connectivity index is 1.85. The molecule has 1 aliphatic rings. The first-order valence-corrected chi connectivity index (χ1v) is 8.07. The Kier molecular flexibility index (Phi) is 4.78. The van der Waals surface area contributed by atoms with E-state index in [1.54, 1.807) is 18.2 Å². The van der Waals surface area contributed by atoms with Gasteiger partial charge in [0, 0.05) is 21.5 Å². The molecule has 0 saturated heterocycles. The lowest BCUT2D eigenvalue weighted by Gasteiger charge is -2.12. The second kappa shape index (κ2) is 6.68. The predicted octanol–water partition coefficient (Wildman–Crippen LogP) is 4.62. The van der Waals surface area contributed by atoms with Gasteiger partial charge >= 0.3 is 6.18 Å². The Labute approximate surface area is 144 Å². The number of halogens is 4. The zero-order valence-electron chi connectivity index (χ0n) is 12.4. The van der Waals surface area contributed by atoms with Crippen molar-refractivity contribution in [3.05, 3.63) is 51.3 Å². The van der Waals surface area contributed by atoms with E-state index in [-0.39, 0.29) is 23.9 Å². The minimum Gasteiger partial charge on any atom is -0.367 e. The molecule has 0 N–H and O–H groups in total. The summed E-state index contributed by atoms with van der Waals surface area (Å²) in [4.78, 5) is 12.8. The number of alkyl halides is 3. The molecule has 0 atom stereocenters. The van der Waals surface area contributed by atoms with Crippen molar-refractivity contribution in [3.63, 3.8) is 0 Å². The highest BCUT2D eigenvalue weighted by Gasteiger charge is 2.33. The summed E-state index contributed by atoms with van der Waals surface area (Å²) in [6, 6.07) is 4.86. The number of aromatic nitrogens is 1. The van der Waals surface area contributed by atoms with Crippen molar-refractivity contribution in [2.75, 3.05) is 6.61 Å². The van der Waals surface area contributed by atoms with E-state index in [2.05, 4.69) is 21.1 Å². The van der Waals surface area contributed by atoms with Crippen molar-refractivity contribution in [1.29, 1.82) is 0 Å². The minimum absolute atomic E-state index is 0.198. The number of ether oxygens (including phenoxy) is 1. The largest absolute Gasteiger partial charge is 0.411 e. The SMILES string of the molecule is O=C(c1cnoc1C1CC1)c1cccc(Br)c1COCC(F)(F)F. The lowest BCUT2D eigenvalue weighted by molar-refractivity contribution is -0.176. The van der Waals surface area contributed by atoms with Crippen LogP contribution < -0.4 is 0 Å². The van der Waals surface area contributed by atoms with E-state index in [0.29, 0.717) is 21.4 Å². The molecule has 1 heterocycles. The highest BCUT2D eigenvalue weighted by Crippen LogP contribution is 2.42. The maximum atomic E-state index is 12.8. The maximum Gasteiger partial charge on any atom is 0.411 e. The van der Waals surface area contributed by atoms with Gasteiger partial charge in [-0.3, -0.25) is 4.79 Å². The summed E-state index contributed by atoms with van der Waals surface area (Å²) in [6.45, 7) is -1.70. The molecule has 0 radical (unpaired) electrons. The lowest BCUT2D eigenvalue weighted by Crippen LogP contribution is -2.17. The summed E-state index contributed by atoms with van der Waals surface area (Å²) in [7, 11) is 0. The van der Waals surface area contributed by atoms with Crippen molar-refractivity contribution in [1.82, 2.24) is 5.16 Å². The van der Waals surface area contributed by atoms with Crippen LogP contribution in [0.5, 0.6) is 0 Å².